The van der Waals surface area contributed by atoms with Crippen molar-refractivity contribution in [2.24, 2.45) is 11.1 Å². The van der Waals surface area contributed by atoms with E-state index in [4.69, 9.17) is 5.73 Å². The van der Waals surface area contributed by atoms with Crippen molar-refractivity contribution in [2.75, 3.05) is 13.1 Å². The highest BCUT2D eigenvalue weighted by Crippen LogP contribution is 2.33. The minimum atomic E-state index is -3.78. The zero-order chi connectivity index (χ0) is 17.4. The summed E-state index contributed by atoms with van der Waals surface area (Å²) in [6, 6.07) is 4.25. The molecule has 0 radical (unpaired) electrons. The molecule has 0 atom stereocenters. The van der Waals surface area contributed by atoms with Crippen molar-refractivity contribution in [1.29, 1.82) is 0 Å². The fraction of sp³-hybridized carbons (Fsp3) is 0.467. The number of nitrogens with zero attached hydrogens (tertiary/aromatic N) is 1. The van der Waals surface area contributed by atoms with Gasteiger partial charge in [0.2, 0.25) is 15.9 Å². The van der Waals surface area contributed by atoms with Crippen LogP contribution in [0.3, 0.4) is 0 Å². The predicted molar refractivity (Wildman–Crippen MR) is 83.4 cm³/mol. The van der Waals surface area contributed by atoms with E-state index in [1.165, 1.54) is 22.5 Å². The Morgan fingerprint density at radius 2 is 1.83 bits per heavy atom. The third kappa shape index (κ3) is 3.23. The third-order valence-electron chi connectivity index (χ3n) is 4.45. The van der Waals surface area contributed by atoms with Crippen molar-refractivity contribution < 1.29 is 23.1 Å². The fourth-order valence-electron chi connectivity index (χ4n) is 2.61. The normalized spacial score (nSPS) is 18.5. The summed E-state index contributed by atoms with van der Waals surface area (Å²) in [5.74, 6) is -1.60. The molecular formula is C15H20N2O5S. The number of carbonyl (C=O) groups excluding carboxylic acids is 1. The Hall–Kier alpha value is -1.93. The smallest absolute Gasteiger partial charge is 0.309 e. The van der Waals surface area contributed by atoms with Crippen LogP contribution in [0.1, 0.15) is 35.7 Å². The van der Waals surface area contributed by atoms with Gasteiger partial charge in [0.15, 0.2) is 0 Å². The van der Waals surface area contributed by atoms with Gasteiger partial charge in [0.05, 0.1) is 10.3 Å². The van der Waals surface area contributed by atoms with E-state index in [9.17, 15) is 23.1 Å². The van der Waals surface area contributed by atoms with E-state index < -0.39 is 27.3 Å². The SMILES string of the molecule is Cc1ccc(S(=O)(=O)N2CCC(C)(C(=O)O)CC2)cc1C(N)=O. The zero-order valence-electron chi connectivity index (χ0n) is 13.1. The average Bonchev–Trinajstić information content (AvgIpc) is 2.47. The standard InChI is InChI=1S/C15H20N2O5S/c1-10-3-4-11(9-12(10)13(16)18)23(21,22)17-7-5-15(2,6-8-17)14(19)20/h3-4,9H,5-8H2,1-2H3,(H2,16,18)(H,19,20). The molecule has 0 spiro atoms. The number of hydrogen-bond acceptors (Lipinski definition) is 4. The Morgan fingerprint density at radius 1 is 1.26 bits per heavy atom. The van der Waals surface area contributed by atoms with Gasteiger partial charge in [0.1, 0.15) is 0 Å². The van der Waals surface area contributed by atoms with Crippen molar-refractivity contribution in [2.45, 2.75) is 31.6 Å². The summed E-state index contributed by atoms with van der Waals surface area (Å²) in [7, 11) is -3.78. The van der Waals surface area contributed by atoms with Crippen LogP contribution in [-0.4, -0.2) is 42.8 Å². The molecule has 0 unspecified atom stereocenters. The number of amides is 1. The number of primary amides is 1. The Kier molecular flexibility index (Phi) is 4.50. The molecule has 1 heterocycles. The second-order valence-corrected chi connectivity index (χ2v) is 8.05. The number of aliphatic carboxylic acids is 1. The van der Waals surface area contributed by atoms with Gasteiger partial charge < -0.3 is 10.8 Å². The molecule has 1 aliphatic rings. The van der Waals surface area contributed by atoms with E-state index in [0.29, 0.717) is 5.56 Å². The lowest BCUT2D eigenvalue weighted by Gasteiger charge is -2.35. The van der Waals surface area contributed by atoms with Crippen LogP contribution in [0.25, 0.3) is 0 Å². The second kappa shape index (κ2) is 5.93. The summed E-state index contributed by atoms with van der Waals surface area (Å²) in [5.41, 5.74) is 5.13. The summed E-state index contributed by atoms with van der Waals surface area (Å²) in [6.45, 7) is 3.56. The Balaban J connectivity index is 2.29. The molecule has 0 saturated carbocycles. The number of rotatable bonds is 4. The maximum atomic E-state index is 12.7. The van der Waals surface area contributed by atoms with Crippen molar-refractivity contribution in [1.82, 2.24) is 4.31 Å². The molecule has 0 aliphatic carbocycles. The van der Waals surface area contributed by atoms with Crippen LogP contribution in [-0.2, 0) is 14.8 Å². The van der Waals surface area contributed by atoms with Gasteiger partial charge in [-0.05, 0) is 44.4 Å². The lowest BCUT2D eigenvalue weighted by atomic mass is 9.81. The molecule has 0 aromatic heterocycles. The zero-order valence-corrected chi connectivity index (χ0v) is 13.9. The fourth-order valence-corrected chi connectivity index (χ4v) is 4.08. The number of benzene rings is 1. The molecule has 1 fully saturated rings. The average molecular weight is 340 g/mol. The van der Waals surface area contributed by atoms with Crippen LogP contribution in [0.2, 0.25) is 0 Å². The third-order valence-corrected chi connectivity index (χ3v) is 6.35. The maximum absolute atomic E-state index is 12.7. The number of hydrogen-bond donors (Lipinski definition) is 2. The number of nitrogens with two attached hydrogens (primary N) is 1. The van der Waals surface area contributed by atoms with E-state index in [1.54, 1.807) is 13.8 Å². The van der Waals surface area contributed by atoms with Gasteiger partial charge in [0, 0.05) is 18.7 Å². The van der Waals surface area contributed by atoms with Gasteiger partial charge in [-0.15, -0.1) is 0 Å². The number of carboxylic acid groups (broad SMARTS) is 1. The van der Waals surface area contributed by atoms with Gasteiger partial charge in [-0.1, -0.05) is 6.07 Å². The topological polar surface area (TPSA) is 118 Å². The van der Waals surface area contributed by atoms with Gasteiger partial charge >= 0.3 is 5.97 Å². The first-order valence-corrected chi connectivity index (χ1v) is 8.66. The van der Waals surface area contributed by atoms with Crippen molar-refractivity contribution in [3.8, 4) is 0 Å². The van der Waals surface area contributed by atoms with Crippen LogP contribution >= 0.6 is 0 Å². The van der Waals surface area contributed by atoms with E-state index >= 15 is 0 Å². The van der Waals surface area contributed by atoms with Crippen LogP contribution < -0.4 is 5.73 Å². The van der Waals surface area contributed by atoms with E-state index in [0.717, 1.165) is 0 Å². The predicted octanol–water partition coefficient (Wildman–Crippen LogP) is 0.969. The van der Waals surface area contributed by atoms with Crippen molar-refractivity contribution in [3.05, 3.63) is 29.3 Å². The molecule has 2 rings (SSSR count). The molecule has 1 aliphatic heterocycles. The monoisotopic (exact) mass is 340 g/mol. The molecule has 3 N–H and O–H groups in total. The molecular weight excluding hydrogens is 320 g/mol. The van der Waals surface area contributed by atoms with Crippen molar-refractivity contribution in [3.63, 3.8) is 0 Å². The van der Waals surface area contributed by atoms with Gasteiger partial charge in [-0.3, -0.25) is 9.59 Å². The number of carboxylic acids is 1. The van der Waals surface area contributed by atoms with E-state index in [-0.39, 0.29) is 36.4 Å². The summed E-state index contributed by atoms with van der Waals surface area (Å²) < 4.78 is 26.6. The Bertz CT molecular complexity index is 749. The Labute approximate surface area is 135 Å². The molecule has 23 heavy (non-hydrogen) atoms. The summed E-state index contributed by atoms with van der Waals surface area (Å²) in [6.07, 6.45) is 0.492. The number of sulfonamides is 1. The lowest BCUT2D eigenvalue weighted by molar-refractivity contribution is -0.150. The first-order valence-electron chi connectivity index (χ1n) is 7.22. The minimum absolute atomic E-state index is 0.00386. The van der Waals surface area contributed by atoms with E-state index in [2.05, 4.69) is 0 Å². The molecule has 1 aromatic carbocycles. The summed E-state index contributed by atoms with van der Waals surface area (Å²) in [4.78, 5) is 22.6. The van der Waals surface area contributed by atoms with Crippen LogP contribution in [0.15, 0.2) is 23.1 Å². The highest BCUT2D eigenvalue weighted by Gasteiger charge is 2.40. The number of carbonyl (C=O) groups is 2. The van der Waals surface area contributed by atoms with Gasteiger partial charge in [-0.25, -0.2) is 8.42 Å². The van der Waals surface area contributed by atoms with Gasteiger partial charge in [-0.2, -0.15) is 4.31 Å². The summed E-state index contributed by atoms with van der Waals surface area (Å²) >= 11 is 0. The quantitative estimate of drug-likeness (QED) is 0.847. The molecule has 7 nitrogen and oxygen atoms in total. The lowest BCUT2D eigenvalue weighted by Crippen LogP contribution is -2.45. The van der Waals surface area contributed by atoms with Crippen molar-refractivity contribution >= 4 is 21.9 Å². The minimum Gasteiger partial charge on any atom is -0.481 e. The second-order valence-electron chi connectivity index (χ2n) is 6.11. The number of piperidine rings is 1. The highest BCUT2D eigenvalue weighted by molar-refractivity contribution is 7.89. The first-order chi connectivity index (χ1) is 10.6. The summed E-state index contributed by atoms with van der Waals surface area (Å²) in [5, 5.41) is 9.21. The molecule has 0 bridgehead atoms. The first kappa shape index (κ1) is 17.4. The maximum Gasteiger partial charge on any atom is 0.309 e. The van der Waals surface area contributed by atoms with Crippen LogP contribution in [0, 0.1) is 12.3 Å². The molecule has 1 aromatic rings. The van der Waals surface area contributed by atoms with Gasteiger partial charge in [0.25, 0.3) is 0 Å². The largest absolute Gasteiger partial charge is 0.481 e. The highest BCUT2D eigenvalue weighted by atomic mass is 32.2. The molecule has 126 valence electrons. The molecule has 1 saturated heterocycles. The van der Waals surface area contributed by atoms with Crippen LogP contribution in [0.4, 0.5) is 0 Å². The molecule has 1 amide bonds. The molecule has 8 heteroatoms. The van der Waals surface area contributed by atoms with Crippen LogP contribution in [0.5, 0.6) is 0 Å². The number of aryl methyl sites for hydroxylation is 1. The van der Waals surface area contributed by atoms with E-state index in [1.807, 2.05) is 0 Å². The Morgan fingerprint density at radius 3 is 2.30 bits per heavy atom.